The maximum Gasteiger partial charge on any atom is 0.490 e. The Balaban J connectivity index is 0.000000738. The zero-order valence-electron chi connectivity index (χ0n) is 24.9. The van der Waals surface area contributed by atoms with Crippen LogP contribution < -0.4 is 14.8 Å². The molecule has 4 aromatic rings. The Labute approximate surface area is 262 Å². The molecule has 0 fully saturated rings. The van der Waals surface area contributed by atoms with Crippen molar-refractivity contribution in [1.29, 1.82) is 0 Å². The second kappa shape index (κ2) is 14.6. The van der Waals surface area contributed by atoms with Gasteiger partial charge in [0.1, 0.15) is 11.3 Å². The summed E-state index contributed by atoms with van der Waals surface area (Å²) in [6, 6.07) is 18.0. The van der Waals surface area contributed by atoms with Gasteiger partial charge >= 0.3 is 18.1 Å². The molecule has 1 aromatic heterocycles. The van der Waals surface area contributed by atoms with E-state index in [4.69, 9.17) is 14.6 Å². The Morgan fingerprint density at radius 3 is 2.26 bits per heavy atom. The summed E-state index contributed by atoms with van der Waals surface area (Å²) >= 11 is 0. The van der Waals surface area contributed by atoms with Gasteiger partial charge in [0.25, 0.3) is 10.0 Å². The normalized spacial score (nSPS) is 12.6. The number of ether oxygens (including phenoxy) is 1. The van der Waals surface area contributed by atoms with Crippen molar-refractivity contribution in [2.45, 2.75) is 49.5 Å². The maximum atomic E-state index is 12.6. The number of aromatic carboxylic acids is 1. The van der Waals surface area contributed by atoms with Crippen LogP contribution >= 0.6 is 0 Å². The van der Waals surface area contributed by atoms with Crippen LogP contribution in [0.25, 0.3) is 11.0 Å². The summed E-state index contributed by atoms with van der Waals surface area (Å²) in [5, 5.41) is 30.7. The van der Waals surface area contributed by atoms with Crippen LogP contribution in [0.4, 0.5) is 18.9 Å². The number of β-amino-alcohol motifs (C(OH)–C–C–N with tert-alkyl or cyclic N) is 1. The van der Waals surface area contributed by atoms with E-state index in [0.29, 0.717) is 29.7 Å². The van der Waals surface area contributed by atoms with Crippen molar-refractivity contribution in [3.63, 3.8) is 0 Å². The minimum Gasteiger partial charge on any atom is -0.496 e. The lowest BCUT2D eigenvalue weighted by Gasteiger charge is -2.28. The largest absolute Gasteiger partial charge is 0.496 e. The SMILES string of the molecule is COc1cc2c(cc1C(=O)O)ncn2CCC(C)(C)NC[C@H](O)c1cccc(NS(=O)(=O)c2ccccc2)c1.O=C(O)C(F)(F)F. The molecular weight excluding hydrogens is 633 g/mol. The van der Waals surface area contributed by atoms with Crippen LogP contribution in [0, 0.1) is 0 Å². The number of methoxy groups -OCH3 is 1. The van der Waals surface area contributed by atoms with Gasteiger partial charge in [0, 0.05) is 30.4 Å². The van der Waals surface area contributed by atoms with Crippen LogP contribution in [0.15, 0.2) is 78.0 Å². The van der Waals surface area contributed by atoms with E-state index in [-0.39, 0.29) is 28.3 Å². The van der Waals surface area contributed by atoms with Gasteiger partial charge in [-0.25, -0.2) is 23.0 Å². The number of sulfonamides is 1. The number of nitrogens with zero attached hydrogens (tertiary/aromatic N) is 2. The second-order valence-electron chi connectivity index (χ2n) is 10.7. The molecule has 0 unspecified atom stereocenters. The monoisotopic (exact) mass is 666 g/mol. The summed E-state index contributed by atoms with van der Waals surface area (Å²) in [5.41, 5.74) is 1.97. The van der Waals surface area contributed by atoms with Gasteiger partial charge in [-0.2, -0.15) is 13.2 Å². The number of rotatable bonds is 12. The van der Waals surface area contributed by atoms with Gasteiger partial charge in [0.05, 0.1) is 35.5 Å². The first-order valence-electron chi connectivity index (χ1n) is 13.6. The molecule has 0 saturated heterocycles. The molecular formula is C30H33F3N4O8S. The van der Waals surface area contributed by atoms with E-state index in [1.165, 1.54) is 25.3 Å². The highest BCUT2D eigenvalue weighted by molar-refractivity contribution is 7.92. The quantitative estimate of drug-likeness (QED) is 0.143. The Bertz CT molecular complexity index is 1780. The number of alkyl halides is 3. The molecule has 0 aliphatic carbocycles. The van der Waals surface area contributed by atoms with Crippen LogP contribution in [0.3, 0.4) is 0 Å². The number of nitrogens with one attached hydrogen (secondary N) is 2. The van der Waals surface area contributed by atoms with Crippen LogP contribution in [0.5, 0.6) is 5.75 Å². The van der Waals surface area contributed by atoms with Crippen LogP contribution in [-0.2, 0) is 21.4 Å². The molecule has 0 radical (unpaired) electrons. The van der Waals surface area contributed by atoms with Gasteiger partial charge in [0.2, 0.25) is 0 Å². The van der Waals surface area contributed by atoms with Crippen molar-refractivity contribution in [2.75, 3.05) is 18.4 Å². The molecule has 248 valence electrons. The highest BCUT2D eigenvalue weighted by Gasteiger charge is 2.38. The van der Waals surface area contributed by atoms with Gasteiger partial charge < -0.3 is 29.9 Å². The van der Waals surface area contributed by atoms with E-state index in [0.717, 1.165) is 5.52 Å². The minimum atomic E-state index is -5.08. The third-order valence-corrected chi connectivity index (χ3v) is 8.14. The number of carboxylic acid groups (broad SMARTS) is 2. The Kier molecular flexibility index (Phi) is 11.4. The topological polar surface area (TPSA) is 180 Å². The number of carboxylic acids is 2. The van der Waals surface area contributed by atoms with Crippen molar-refractivity contribution in [1.82, 2.24) is 14.9 Å². The van der Waals surface area contributed by atoms with Gasteiger partial charge in [0.15, 0.2) is 0 Å². The predicted molar refractivity (Wildman–Crippen MR) is 162 cm³/mol. The summed E-state index contributed by atoms with van der Waals surface area (Å²) in [5.74, 6) is -3.57. The van der Waals surface area contributed by atoms with E-state index >= 15 is 0 Å². The van der Waals surface area contributed by atoms with Crippen molar-refractivity contribution >= 4 is 38.7 Å². The van der Waals surface area contributed by atoms with Gasteiger partial charge in [-0.3, -0.25) is 4.72 Å². The summed E-state index contributed by atoms with van der Waals surface area (Å²) in [7, 11) is -2.31. The number of aliphatic hydroxyl groups excluding tert-OH is 1. The van der Waals surface area contributed by atoms with E-state index in [2.05, 4.69) is 15.0 Å². The number of anilines is 1. The molecule has 0 aliphatic rings. The fourth-order valence-corrected chi connectivity index (χ4v) is 5.27. The number of benzene rings is 3. The Hall–Kier alpha value is -4.67. The van der Waals surface area contributed by atoms with Crippen LogP contribution in [0.2, 0.25) is 0 Å². The standard InChI is InChI=1S/C28H32N4O6S.C2HF3O2/c1-28(2,12-13-32-18-29-23-15-22(27(34)35)26(38-3)16-24(23)32)30-17-25(33)19-8-7-9-20(14-19)31-39(36,37)21-10-5-4-6-11-21;3-2(4,5)1(6)7/h4-11,14-16,18,25,30-31,33H,12-13,17H2,1-3H3,(H,34,35);(H,6,7)/t25-;/m0./s1. The first kappa shape index (κ1) is 35.8. The molecule has 0 spiro atoms. The van der Waals surface area contributed by atoms with E-state index in [1.54, 1.807) is 54.9 Å². The molecule has 0 amide bonds. The average Bonchev–Trinajstić information content (AvgIpc) is 3.40. The molecule has 0 aliphatic heterocycles. The van der Waals surface area contributed by atoms with E-state index in [9.17, 15) is 36.6 Å². The number of halogens is 3. The van der Waals surface area contributed by atoms with Crippen molar-refractivity contribution < 1.29 is 51.2 Å². The Morgan fingerprint density at radius 1 is 1.02 bits per heavy atom. The van der Waals surface area contributed by atoms with Crippen molar-refractivity contribution in [3.8, 4) is 5.75 Å². The zero-order valence-corrected chi connectivity index (χ0v) is 25.8. The van der Waals surface area contributed by atoms with E-state index in [1.807, 2.05) is 18.4 Å². The molecule has 5 N–H and O–H groups in total. The first-order chi connectivity index (χ1) is 21.4. The minimum absolute atomic E-state index is 0.0585. The van der Waals surface area contributed by atoms with Crippen molar-refractivity contribution in [3.05, 3.63) is 84.2 Å². The molecule has 0 bridgehead atoms. The number of hydrogen-bond acceptors (Lipinski definition) is 8. The molecule has 12 nitrogen and oxygen atoms in total. The van der Waals surface area contributed by atoms with Gasteiger partial charge in [-0.1, -0.05) is 30.3 Å². The number of hydrogen-bond donors (Lipinski definition) is 5. The predicted octanol–water partition coefficient (Wildman–Crippen LogP) is 4.67. The summed E-state index contributed by atoms with van der Waals surface area (Å²) < 4.78 is 66.8. The zero-order chi connectivity index (χ0) is 34.3. The summed E-state index contributed by atoms with van der Waals surface area (Å²) in [6.45, 7) is 4.89. The number of fused-ring (bicyclic) bond motifs is 1. The maximum absolute atomic E-state index is 12.6. The molecule has 1 atom stereocenters. The lowest BCUT2D eigenvalue weighted by Crippen LogP contribution is -2.42. The second-order valence-corrected chi connectivity index (χ2v) is 12.3. The number of aryl methyl sites for hydroxylation is 1. The average molecular weight is 667 g/mol. The van der Waals surface area contributed by atoms with E-state index < -0.39 is 34.2 Å². The van der Waals surface area contributed by atoms with Crippen LogP contribution in [-0.4, -0.2) is 70.6 Å². The molecule has 0 saturated carbocycles. The highest BCUT2D eigenvalue weighted by Crippen LogP contribution is 2.27. The van der Waals surface area contributed by atoms with Gasteiger partial charge in [-0.05, 0) is 56.2 Å². The number of aromatic nitrogens is 2. The molecule has 3 aromatic carbocycles. The van der Waals surface area contributed by atoms with Gasteiger partial charge in [-0.15, -0.1) is 0 Å². The fourth-order valence-electron chi connectivity index (χ4n) is 4.20. The molecule has 46 heavy (non-hydrogen) atoms. The third kappa shape index (κ3) is 9.66. The number of carbonyl (C=O) groups is 2. The summed E-state index contributed by atoms with van der Waals surface area (Å²) in [4.78, 5) is 24.9. The lowest BCUT2D eigenvalue weighted by atomic mass is 9.99. The third-order valence-electron chi connectivity index (χ3n) is 6.74. The fraction of sp³-hybridized carbons (Fsp3) is 0.300. The summed E-state index contributed by atoms with van der Waals surface area (Å²) in [6.07, 6.45) is -3.59. The molecule has 16 heteroatoms. The highest BCUT2D eigenvalue weighted by atomic mass is 32.2. The number of aliphatic carboxylic acids is 1. The smallest absolute Gasteiger partial charge is 0.490 e. The lowest BCUT2D eigenvalue weighted by molar-refractivity contribution is -0.192. The molecule has 4 rings (SSSR count). The van der Waals surface area contributed by atoms with Crippen molar-refractivity contribution in [2.24, 2.45) is 0 Å². The number of aliphatic hydroxyl groups is 1. The Morgan fingerprint density at radius 2 is 1.67 bits per heavy atom. The number of imidazole rings is 1. The first-order valence-corrected chi connectivity index (χ1v) is 15.1. The van der Waals surface area contributed by atoms with Crippen LogP contribution in [0.1, 0.15) is 42.3 Å². The molecule has 1 heterocycles.